The van der Waals surface area contributed by atoms with Gasteiger partial charge in [0.15, 0.2) is 5.16 Å². The van der Waals surface area contributed by atoms with Gasteiger partial charge in [0.25, 0.3) is 5.56 Å². The average molecular weight is 406 g/mol. The highest BCUT2D eigenvalue weighted by molar-refractivity contribution is 7.99. The predicted octanol–water partition coefficient (Wildman–Crippen LogP) is 0.693. The van der Waals surface area contributed by atoms with E-state index in [9.17, 15) is 14.4 Å². The fourth-order valence-electron chi connectivity index (χ4n) is 2.68. The molecule has 2 amide bonds. The van der Waals surface area contributed by atoms with Crippen molar-refractivity contribution in [2.45, 2.75) is 25.5 Å². The van der Waals surface area contributed by atoms with E-state index >= 15 is 0 Å². The van der Waals surface area contributed by atoms with Crippen LogP contribution in [0.3, 0.4) is 0 Å². The number of rotatable bonds is 10. The van der Waals surface area contributed by atoms with Gasteiger partial charge in [0.2, 0.25) is 11.8 Å². The van der Waals surface area contributed by atoms with E-state index in [0.29, 0.717) is 22.6 Å². The summed E-state index contributed by atoms with van der Waals surface area (Å²) in [6, 6.07) is 7.21. The quantitative estimate of drug-likeness (QED) is 0.446. The number of carbonyl (C=O) groups is 2. The maximum absolute atomic E-state index is 13.0. The van der Waals surface area contributed by atoms with E-state index in [1.54, 1.807) is 16.7 Å². The number of carbonyl (C=O) groups excluding carboxylic acids is 2. The normalized spacial score (nSPS) is 11.0. The van der Waals surface area contributed by atoms with Crippen LogP contribution in [0.1, 0.15) is 13.8 Å². The van der Waals surface area contributed by atoms with E-state index < -0.39 is 0 Å². The molecule has 8 nitrogen and oxygen atoms in total. The lowest BCUT2D eigenvalue weighted by Gasteiger charge is -2.20. The number of likely N-dealkylation sites (N-methyl/N-ethyl adjacent to an activating group) is 2. The summed E-state index contributed by atoms with van der Waals surface area (Å²) in [4.78, 5) is 43.1. The third-order valence-electron chi connectivity index (χ3n) is 4.42. The largest absolute Gasteiger partial charge is 0.358 e. The zero-order chi connectivity index (χ0) is 20.5. The standard InChI is InChI=1S/C19H27N5O3S/c1-4-23(5-2)10-11-24-18(27)14-8-6-7-9-15(14)22-19(24)28-13-17(26)21-12-16(25)20-3/h6-9H,4-5,10-13H2,1-3H3,(H,20,25)(H,21,26). The van der Waals surface area contributed by atoms with Crippen LogP contribution in [-0.2, 0) is 16.1 Å². The Morgan fingerprint density at radius 1 is 1.18 bits per heavy atom. The van der Waals surface area contributed by atoms with Crippen LogP contribution < -0.4 is 16.2 Å². The topological polar surface area (TPSA) is 96.3 Å². The van der Waals surface area contributed by atoms with Crippen molar-refractivity contribution in [2.75, 3.05) is 39.0 Å². The summed E-state index contributed by atoms with van der Waals surface area (Å²) in [7, 11) is 1.51. The van der Waals surface area contributed by atoms with Gasteiger partial charge in [-0.3, -0.25) is 19.0 Å². The molecule has 0 radical (unpaired) electrons. The van der Waals surface area contributed by atoms with Crippen molar-refractivity contribution in [3.63, 3.8) is 0 Å². The first kappa shape index (κ1) is 21.9. The fourth-order valence-corrected chi connectivity index (χ4v) is 3.54. The molecule has 152 valence electrons. The summed E-state index contributed by atoms with van der Waals surface area (Å²) in [5.74, 6) is -0.475. The van der Waals surface area contributed by atoms with Crippen molar-refractivity contribution in [2.24, 2.45) is 0 Å². The molecule has 0 unspecified atom stereocenters. The number of thioether (sulfide) groups is 1. The maximum atomic E-state index is 13.0. The number of hydrogen-bond donors (Lipinski definition) is 2. The minimum absolute atomic E-state index is 0.0736. The Bertz CT molecular complexity index is 879. The van der Waals surface area contributed by atoms with Crippen LogP contribution in [0, 0.1) is 0 Å². The second kappa shape index (κ2) is 10.8. The molecule has 1 heterocycles. The highest BCUT2D eigenvalue weighted by Gasteiger charge is 2.14. The Morgan fingerprint density at radius 2 is 1.89 bits per heavy atom. The third kappa shape index (κ3) is 5.80. The number of amides is 2. The number of hydrogen-bond acceptors (Lipinski definition) is 6. The summed E-state index contributed by atoms with van der Waals surface area (Å²) in [6.07, 6.45) is 0. The first-order valence-corrected chi connectivity index (χ1v) is 10.3. The van der Waals surface area contributed by atoms with E-state index in [4.69, 9.17) is 0 Å². The molecule has 0 bridgehead atoms. The molecule has 1 aromatic carbocycles. The lowest BCUT2D eigenvalue weighted by Crippen LogP contribution is -2.36. The summed E-state index contributed by atoms with van der Waals surface area (Å²) in [5.41, 5.74) is 0.505. The van der Waals surface area contributed by atoms with Crippen LogP contribution in [0.2, 0.25) is 0 Å². The number of aromatic nitrogens is 2. The smallest absolute Gasteiger partial charge is 0.262 e. The molecular weight excluding hydrogens is 378 g/mol. The predicted molar refractivity (Wildman–Crippen MR) is 112 cm³/mol. The molecule has 28 heavy (non-hydrogen) atoms. The molecule has 9 heteroatoms. The van der Waals surface area contributed by atoms with Crippen molar-refractivity contribution in [3.05, 3.63) is 34.6 Å². The van der Waals surface area contributed by atoms with Crippen molar-refractivity contribution >= 4 is 34.5 Å². The fraction of sp³-hybridized carbons (Fsp3) is 0.474. The monoisotopic (exact) mass is 405 g/mol. The van der Waals surface area contributed by atoms with E-state index in [0.717, 1.165) is 19.6 Å². The van der Waals surface area contributed by atoms with Crippen LogP contribution in [0.4, 0.5) is 0 Å². The lowest BCUT2D eigenvalue weighted by molar-refractivity contribution is -0.124. The Kier molecular flexibility index (Phi) is 8.46. The van der Waals surface area contributed by atoms with Gasteiger partial charge in [0.1, 0.15) is 0 Å². The van der Waals surface area contributed by atoms with Crippen molar-refractivity contribution in [3.8, 4) is 0 Å². The second-order valence-electron chi connectivity index (χ2n) is 6.13. The Labute approximate surface area is 168 Å². The molecular formula is C19H27N5O3S. The SMILES string of the molecule is CCN(CC)CCn1c(SCC(=O)NCC(=O)NC)nc2ccccc2c1=O. The molecule has 0 saturated heterocycles. The van der Waals surface area contributed by atoms with Gasteiger partial charge in [-0.1, -0.05) is 37.7 Å². The summed E-state index contributed by atoms with van der Waals surface area (Å²) in [6.45, 7) is 7.11. The van der Waals surface area contributed by atoms with E-state index in [-0.39, 0.29) is 29.7 Å². The molecule has 1 aromatic heterocycles. The molecule has 2 rings (SSSR count). The van der Waals surface area contributed by atoms with Crippen molar-refractivity contribution < 1.29 is 9.59 Å². The number of fused-ring (bicyclic) bond motifs is 1. The molecule has 0 saturated carbocycles. The Hall–Kier alpha value is -2.39. The van der Waals surface area contributed by atoms with Crippen molar-refractivity contribution in [1.82, 2.24) is 25.1 Å². The minimum atomic E-state index is -0.286. The zero-order valence-electron chi connectivity index (χ0n) is 16.5. The van der Waals surface area contributed by atoms with Gasteiger partial charge in [-0.25, -0.2) is 4.98 Å². The molecule has 0 spiro atoms. The van der Waals surface area contributed by atoms with Crippen LogP contribution in [0.5, 0.6) is 0 Å². The van der Waals surface area contributed by atoms with E-state index in [1.165, 1.54) is 18.8 Å². The van der Waals surface area contributed by atoms with Crippen LogP contribution in [-0.4, -0.2) is 65.2 Å². The third-order valence-corrected chi connectivity index (χ3v) is 5.39. The zero-order valence-corrected chi connectivity index (χ0v) is 17.3. The number of nitrogens with one attached hydrogen (secondary N) is 2. The molecule has 0 aliphatic heterocycles. The summed E-state index contributed by atoms with van der Waals surface area (Å²) >= 11 is 1.20. The molecule has 0 fully saturated rings. The molecule has 2 aromatic rings. The number of nitrogens with zero attached hydrogens (tertiary/aromatic N) is 3. The van der Waals surface area contributed by atoms with E-state index in [1.807, 2.05) is 12.1 Å². The number of para-hydroxylation sites is 1. The molecule has 0 aliphatic carbocycles. The molecule has 0 aliphatic rings. The second-order valence-corrected chi connectivity index (χ2v) is 7.08. The van der Waals surface area contributed by atoms with Gasteiger partial charge in [-0.15, -0.1) is 0 Å². The van der Waals surface area contributed by atoms with Crippen molar-refractivity contribution in [1.29, 1.82) is 0 Å². The lowest BCUT2D eigenvalue weighted by atomic mass is 10.2. The first-order chi connectivity index (χ1) is 13.5. The van der Waals surface area contributed by atoms with Gasteiger partial charge in [-0.2, -0.15) is 0 Å². The molecule has 0 atom stereocenters. The van der Waals surface area contributed by atoms with Gasteiger partial charge in [0.05, 0.1) is 23.2 Å². The van der Waals surface area contributed by atoms with Gasteiger partial charge in [-0.05, 0) is 25.2 Å². The van der Waals surface area contributed by atoms with Gasteiger partial charge < -0.3 is 15.5 Å². The van der Waals surface area contributed by atoms with Crippen LogP contribution >= 0.6 is 11.8 Å². The first-order valence-electron chi connectivity index (χ1n) is 9.32. The Balaban J connectivity index is 2.21. The highest BCUT2D eigenvalue weighted by atomic mass is 32.2. The van der Waals surface area contributed by atoms with Crippen LogP contribution in [0.15, 0.2) is 34.2 Å². The van der Waals surface area contributed by atoms with E-state index in [2.05, 4.69) is 34.4 Å². The number of benzene rings is 1. The van der Waals surface area contributed by atoms with Crippen LogP contribution in [0.25, 0.3) is 10.9 Å². The summed E-state index contributed by atoms with van der Waals surface area (Å²) in [5, 5.41) is 6.07. The maximum Gasteiger partial charge on any atom is 0.262 e. The average Bonchev–Trinajstić information content (AvgIpc) is 2.72. The minimum Gasteiger partial charge on any atom is -0.358 e. The van der Waals surface area contributed by atoms with Gasteiger partial charge >= 0.3 is 0 Å². The highest BCUT2D eigenvalue weighted by Crippen LogP contribution is 2.17. The summed E-state index contributed by atoms with van der Waals surface area (Å²) < 4.78 is 1.64. The molecule has 2 N–H and O–H groups in total. The Morgan fingerprint density at radius 3 is 2.57 bits per heavy atom. The van der Waals surface area contributed by atoms with Gasteiger partial charge in [0, 0.05) is 20.1 Å².